The number of hydrogen-bond donors (Lipinski definition) is 1. The minimum Gasteiger partial charge on any atom is -0.338 e. The zero-order chi connectivity index (χ0) is 14.8. The van der Waals surface area contributed by atoms with Gasteiger partial charge >= 0.3 is 0 Å². The van der Waals surface area contributed by atoms with E-state index < -0.39 is 0 Å². The van der Waals surface area contributed by atoms with Crippen LogP contribution in [0.25, 0.3) is 0 Å². The van der Waals surface area contributed by atoms with Crippen LogP contribution in [0.4, 0.5) is 0 Å². The SMILES string of the molecule is CCc1cnc(CN(C)C(=O)C2CC3CCCCC3N2)s1. The number of amides is 1. The lowest BCUT2D eigenvalue weighted by Gasteiger charge is -2.24. The van der Waals surface area contributed by atoms with Crippen molar-refractivity contribution in [1.82, 2.24) is 15.2 Å². The molecule has 21 heavy (non-hydrogen) atoms. The fraction of sp³-hybridized carbons (Fsp3) is 0.750. The first-order chi connectivity index (χ1) is 10.2. The Morgan fingerprint density at radius 3 is 3.00 bits per heavy atom. The average Bonchev–Trinajstić information content (AvgIpc) is 3.12. The Hall–Kier alpha value is -0.940. The Morgan fingerprint density at radius 2 is 2.29 bits per heavy atom. The number of carbonyl (C=O) groups excluding carboxylic acids is 1. The van der Waals surface area contributed by atoms with Crippen molar-refractivity contribution < 1.29 is 4.79 Å². The number of likely N-dealkylation sites (N-methyl/N-ethyl adjacent to an activating group) is 1. The van der Waals surface area contributed by atoms with Crippen molar-refractivity contribution in [1.29, 1.82) is 0 Å². The van der Waals surface area contributed by atoms with Crippen molar-refractivity contribution in [3.63, 3.8) is 0 Å². The first-order valence-electron chi connectivity index (χ1n) is 8.12. The highest BCUT2D eigenvalue weighted by atomic mass is 32.1. The summed E-state index contributed by atoms with van der Waals surface area (Å²) in [6, 6.07) is 0.598. The Bertz CT molecular complexity index is 487. The predicted molar refractivity (Wildman–Crippen MR) is 85.3 cm³/mol. The van der Waals surface area contributed by atoms with E-state index in [1.807, 2.05) is 18.1 Å². The van der Waals surface area contributed by atoms with E-state index in [4.69, 9.17) is 0 Å². The molecule has 1 N–H and O–H groups in total. The maximum atomic E-state index is 12.6. The van der Waals surface area contributed by atoms with Gasteiger partial charge in [-0.05, 0) is 31.6 Å². The Balaban J connectivity index is 1.57. The van der Waals surface area contributed by atoms with E-state index in [2.05, 4.69) is 17.2 Å². The molecule has 2 fully saturated rings. The van der Waals surface area contributed by atoms with Crippen LogP contribution in [0.5, 0.6) is 0 Å². The van der Waals surface area contributed by atoms with Crippen LogP contribution < -0.4 is 5.32 Å². The summed E-state index contributed by atoms with van der Waals surface area (Å²) in [5.74, 6) is 0.949. The van der Waals surface area contributed by atoms with Gasteiger partial charge in [-0.1, -0.05) is 19.8 Å². The number of thiazole rings is 1. The maximum absolute atomic E-state index is 12.6. The fourth-order valence-corrected chi connectivity index (χ4v) is 4.56. The average molecular weight is 307 g/mol. The predicted octanol–water partition coefficient (Wildman–Crippen LogP) is 2.58. The molecule has 0 aromatic carbocycles. The third-order valence-corrected chi connectivity index (χ3v) is 5.99. The summed E-state index contributed by atoms with van der Waals surface area (Å²) in [5.41, 5.74) is 0. The lowest BCUT2D eigenvalue weighted by molar-refractivity contribution is -0.132. The van der Waals surface area contributed by atoms with Crippen molar-refractivity contribution in [3.05, 3.63) is 16.1 Å². The van der Waals surface area contributed by atoms with Crippen molar-refractivity contribution in [2.75, 3.05) is 7.05 Å². The standard InChI is InChI=1S/C16H25N3OS/c1-3-12-9-17-15(21-12)10-19(2)16(20)14-8-11-6-4-5-7-13(11)18-14/h9,11,13-14,18H,3-8,10H2,1-2H3. The fourth-order valence-electron chi connectivity index (χ4n) is 3.64. The number of hydrogen-bond acceptors (Lipinski definition) is 4. The first kappa shape index (κ1) is 15.0. The van der Waals surface area contributed by atoms with Gasteiger partial charge in [0, 0.05) is 24.2 Å². The lowest BCUT2D eigenvalue weighted by atomic mass is 9.85. The number of aromatic nitrogens is 1. The van der Waals surface area contributed by atoms with Gasteiger partial charge in [-0.15, -0.1) is 11.3 Å². The van der Waals surface area contributed by atoms with Crippen molar-refractivity contribution in [3.8, 4) is 0 Å². The molecule has 2 aliphatic rings. The molecule has 1 aliphatic heterocycles. The van der Waals surface area contributed by atoms with E-state index >= 15 is 0 Å². The van der Waals surface area contributed by atoms with Crippen molar-refractivity contribution in [2.45, 2.75) is 64.1 Å². The van der Waals surface area contributed by atoms with Crippen LogP contribution in [0.15, 0.2) is 6.20 Å². The minimum atomic E-state index is 0.0220. The van der Waals surface area contributed by atoms with E-state index in [1.165, 1.54) is 30.6 Å². The number of aryl methyl sites for hydroxylation is 1. The lowest BCUT2D eigenvalue weighted by Crippen LogP contribution is -2.43. The van der Waals surface area contributed by atoms with Crippen molar-refractivity contribution in [2.24, 2.45) is 5.92 Å². The zero-order valence-electron chi connectivity index (χ0n) is 13.0. The van der Waals surface area contributed by atoms with Crippen LogP contribution >= 0.6 is 11.3 Å². The number of carbonyl (C=O) groups is 1. The molecule has 1 amide bonds. The van der Waals surface area contributed by atoms with Crippen molar-refractivity contribution >= 4 is 17.2 Å². The topological polar surface area (TPSA) is 45.2 Å². The molecule has 1 aromatic rings. The summed E-state index contributed by atoms with van der Waals surface area (Å²) < 4.78 is 0. The van der Waals surface area contributed by atoms with E-state index in [9.17, 15) is 4.79 Å². The molecule has 0 spiro atoms. The molecule has 1 saturated heterocycles. The van der Waals surface area contributed by atoms with Crippen LogP contribution in [0.1, 0.15) is 48.9 Å². The molecule has 4 nitrogen and oxygen atoms in total. The second-order valence-electron chi connectivity index (χ2n) is 6.37. The second-order valence-corrected chi connectivity index (χ2v) is 7.57. The smallest absolute Gasteiger partial charge is 0.239 e. The molecule has 3 atom stereocenters. The molecule has 5 heteroatoms. The first-order valence-corrected chi connectivity index (χ1v) is 8.93. The summed E-state index contributed by atoms with van der Waals surface area (Å²) in [5, 5.41) is 4.61. The Kier molecular flexibility index (Phi) is 4.60. The molecule has 3 rings (SSSR count). The van der Waals surface area contributed by atoms with Gasteiger partial charge in [-0.3, -0.25) is 4.79 Å². The number of rotatable bonds is 4. The largest absolute Gasteiger partial charge is 0.338 e. The maximum Gasteiger partial charge on any atom is 0.239 e. The summed E-state index contributed by atoms with van der Waals surface area (Å²) in [6.45, 7) is 2.77. The van der Waals surface area contributed by atoms with Crippen LogP contribution in [0.3, 0.4) is 0 Å². The van der Waals surface area contributed by atoms with Crippen LogP contribution in [-0.4, -0.2) is 34.9 Å². The molecule has 1 aliphatic carbocycles. The quantitative estimate of drug-likeness (QED) is 0.930. The molecule has 1 aromatic heterocycles. The van der Waals surface area contributed by atoms with Gasteiger partial charge in [-0.2, -0.15) is 0 Å². The third-order valence-electron chi connectivity index (χ3n) is 4.86. The number of nitrogens with one attached hydrogen (secondary N) is 1. The number of nitrogens with zero attached hydrogens (tertiary/aromatic N) is 2. The van der Waals surface area contributed by atoms with Gasteiger partial charge in [0.15, 0.2) is 0 Å². The van der Waals surface area contributed by atoms with Gasteiger partial charge in [0.1, 0.15) is 5.01 Å². The van der Waals surface area contributed by atoms with Crippen LogP contribution in [0, 0.1) is 5.92 Å². The van der Waals surface area contributed by atoms with Crippen LogP contribution in [0.2, 0.25) is 0 Å². The normalized spacial score (nSPS) is 28.4. The van der Waals surface area contributed by atoms with E-state index in [1.54, 1.807) is 11.3 Å². The molecular weight excluding hydrogens is 282 g/mol. The van der Waals surface area contributed by atoms with Gasteiger partial charge in [0.05, 0.1) is 12.6 Å². The Labute approximate surface area is 130 Å². The van der Waals surface area contributed by atoms with Gasteiger partial charge in [0.25, 0.3) is 0 Å². The molecule has 2 heterocycles. The monoisotopic (exact) mass is 307 g/mol. The highest BCUT2D eigenvalue weighted by Crippen LogP contribution is 2.33. The zero-order valence-corrected chi connectivity index (χ0v) is 13.8. The molecule has 116 valence electrons. The van der Waals surface area contributed by atoms with E-state index in [-0.39, 0.29) is 11.9 Å². The second kappa shape index (κ2) is 6.44. The Morgan fingerprint density at radius 1 is 1.48 bits per heavy atom. The summed E-state index contributed by atoms with van der Waals surface area (Å²) in [4.78, 5) is 20.2. The summed E-state index contributed by atoms with van der Waals surface area (Å²) in [6.07, 6.45) is 9.14. The van der Waals surface area contributed by atoms with Gasteiger partial charge < -0.3 is 10.2 Å². The molecular formula is C16H25N3OS. The number of fused-ring (bicyclic) bond motifs is 1. The molecule has 0 bridgehead atoms. The third kappa shape index (κ3) is 3.29. The van der Waals surface area contributed by atoms with Gasteiger partial charge in [-0.25, -0.2) is 4.98 Å². The highest BCUT2D eigenvalue weighted by Gasteiger charge is 2.39. The van der Waals surface area contributed by atoms with Crippen LogP contribution in [-0.2, 0) is 17.8 Å². The molecule has 0 radical (unpaired) electrons. The van der Waals surface area contributed by atoms with Gasteiger partial charge in [0.2, 0.25) is 5.91 Å². The highest BCUT2D eigenvalue weighted by molar-refractivity contribution is 7.11. The van der Waals surface area contributed by atoms with E-state index in [0.29, 0.717) is 18.5 Å². The molecule has 3 unspecified atom stereocenters. The molecule has 1 saturated carbocycles. The van der Waals surface area contributed by atoms with E-state index in [0.717, 1.165) is 17.8 Å². The minimum absolute atomic E-state index is 0.0220. The summed E-state index contributed by atoms with van der Waals surface area (Å²) >= 11 is 1.72. The summed E-state index contributed by atoms with van der Waals surface area (Å²) in [7, 11) is 1.90.